The van der Waals surface area contributed by atoms with Gasteiger partial charge in [-0.15, -0.1) is 0 Å². The molecule has 0 aromatic heterocycles. The molecule has 2 aromatic rings. The van der Waals surface area contributed by atoms with E-state index in [4.69, 9.17) is 14.2 Å². The third-order valence-electron chi connectivity index (χ3n) is 4.90. The van der Waals surface area contributed by atoms with Crippen LogP contribution in [0.4, 0.5) is 4.79 Å². The maximum Gasteiger partial charge on any atom is 0.331 e. The summed E-state index contributed by atoms with van der Waals surface area (Å²) in [5.74, 6) is 0.215. The minimum atomic E-state index is -0.775. The number of hydrogen-bond donors (Lipinski definition) is 1. The lowest BCUT2D eigenvalue weighted by Crippen LogP contribution is -2.53. The van der Waals surface area contributed by atoms with Gasteiger partial charge in [-0.1, -0.05) is 38.1 Å². The number of carbonyl (C=O) groups excluding carboxylic acids is 3. The Hall–Kier alpha value is -3.81. The minimum Gasteiger partial charge on any atom is -0.493 e. The largest absolute Gasteiger partial charge is 0.493 e. The summed E-state index contributed by atoms with van der Waals surface area (Å²) in [5.41, 5.74) is 1.09. The van der Waals surface area contributed by atoms with Crippen molar-refractivity contribution in [3.05, 3.63) is 59.2 Å². The molecule has 0 aliphatic carbocycles. The number of barbiturate groups is 1. The highest BCUT2D eigenvalue weighted by atomic mass is 16.5. The molecule has 0 bridgehead atoms. The van der Waals surface area contributed by atoms with E-state index in [-0.39, 0.29) is 12.1 Å². The first kappa shape index (κ1) is 23.8. The van der Waals surface area contributed by atoms with Gasteiger partial charge in [-0.05, 0) is 42.7 Å². The number of rotatable bonds is 10. The Balaban J connectivity index is 1.86. The Kier molecular flexibility index (Phi) is 8.07. The molecule has 8 nitrogen and oxygen atoms in total. The van der Waals surface area contributed by atoms with Gasteiger partial charge in [-0.2, -0.15) is 0 Å². The number of methoxy groups -OCH3 is 1. The van der Waals surface area contributed by atoms with Crippen LogP contribution < -0.4 is 19.5 Å². The Bertz CT molecular complexity index is 1060. The number of urea groups is 1. The monoisotopic (exact) mass is 452 g/mol. The van der Waals surface area contributed by atoms with Gasteiger partial charge in [0.2, 0.25) is 0 Å². The third-order valence-corrected chi connectivity index (χ3v) is 4.90. The molecule has 1 fully saturated rings. The van der Waals surface area contributed by atoms with Gasteiger partial charge in [0.15, 0.2) is 11.5 Å². The summed E-state index contributed by atoms with van der Waals surface area (Å²) in [6.07, 6.45) is 3.12. The Labute approximate surface area is 193 Å². The van der Waals surface area contributed by atoms with Gasteiger partial charge < -0.3 is 14.2 Å². The van der Waals surface area contributed by atoms with Crippen molar-refractivity contribution >= 4 is 23.9 Å². The number of benzene rings is 2. The average molecular weight is 453 g/mol. The van der Waals surface area contributed by atoms with Crippen molar-refractivity contribution in [3.8, 4) is 17.2 Å². The molecule has 1 N–H and O–H groups in total. The average Bonchev–Trinajstić information content (AvgIpc) is 2.82. The molecule has 0 radical (unpaired) electrons. The maximum absolute atomic E-state index is 13.1. The fraction of sp³-hybridized carbons (Fsp3) is 0.320. The Morgan fingerprint density at radius 1 is 0.909 bits per heavy atom. The molecule has 174 valence electrons. The van der Waals surface area contributed by atoms with Crippen LogP contribution in [0, 0.1) is 0 Å². The van der Waals surface area contributed by atoms with E-state index >= 15 is 0 Å². The quantitative estimate of drug-likeness (QED) is 0.434. The highest BCUT2D eigenvalue weighted by Gasteiger charge is 2.36. The van der Waals surface area contributed by atoms with Crippen molar-refractivity contribution in [1.29, 1.82) is 0 Å². The molecule has 1 saturated heterocycles. The first-order valence-electron chi connectivity index (χ1n) is 10.9. The van der Waals surface area contributed by atoms with Crippen LogP contribution in [0.15, 0.2) is 48.0 Å². The summed E-state index contributed by atoms with van der Waals surface area (Å²) in [4.78, 5) is 39.0. The van der Waals surface area contributed by atoms with E-state index in [2.05, 4.69) is 5.32 Å². The van der Waals surface area contributed by atoms with E-state index in [1.807, 2.05) is 19.9 Å². The van der Waals surface area contributed by atoms with Gasteiger partial charge in [-0.3, -0.25) is 19.8 Å². The van der Waals surface area contributed by atoms with E-state index in [0.717, 1.165) is 17.7 Å². The summed E-state index contributed by atoms with van der Waals surface area (Å²) in [6.45, 7) is 5.00. The van der Waals surface area contributed by atoms with Crippen molar-refractivity contribution in [2.24, 2.45) is 0 Å². The van der Waals surface area contributed by atoms with Crippen LogP contribution in [0.1, 0.15) is 37.8 Å². The third kappa shape index (κ3) is 5.71. The molecule has 4 amide bonds. The van der Waals surface area contributed by atoms with Gasteiger partial charge in [-0.25, -0.2) is 4.79 Å². The number of para-hydroxylation sites is 1. The lowest BCUT2D eigenvalue weighted by molar-refractivity contribution is -0.130. The lowest BCUT2D eigenvalue weighted by Gasteiger charge is -2.26. The number of ether oxygens (including phenoxy) is 3. The zero-order chi connectivity index (χ0) is 23.8. The van der Waals surface area contributed by atoms with Crippen LogP contribution >= 0.6 is 0 Å². The van der Waals surface area contributed by atoms with Crippen LogP contribution in [-0.4, -0.2) is 43.1 Å². The van der Waals surface area contributed by atoms with Crippen LogP contribution in [0.5, 0.6) is 17.2 Å². The van der Waals surface area contributed by atoms with E-state index in [9.17, 15) is 14.4 Å². The maximum atomic E-state index is 13.1. The summed E-state index contributed by atoms with van der Waals surface area (Å²) in [5, 5.41) is 2.24. The fourth-order valence-electron chi connectivity index (χ4n) is 3.26. The van der Waals surface area contributed by atoms with Gasteiger partial charge >= 0.3 is 6.03 Å². The molecule has 0 unspecified atom stereocenters. The number of nitrogens with one attached hydrogen (secondary N) is 1. The van der Waals surface area contributed by atoms with Crippen LogP contribution in [0.25, 0.3) is 6.08 Å². The topological polar surface area (TPSA) is 94.2 Å². The molecule has 33 heavy (non-hydrogen) atoms. The lowest BCUT2D eigenvalue weighted by atomic mass is 10.1. The first-order chi connectivity index (χ1) is 16.0. The van der Waals surface area contributed by atoms with Crippen LogP contribution in [-0.2, 0) is 16.1 Å². The normalized spacial score (nSPS) is 14.9. The first-order valence-corrected chi connectivity index (χ1v) is 10.9. The number of carbonyl (C=O) groups is 3. The Morgan fingerprint density at radius 2 is 1.61 bits per heavy atom. The SMILES string of the molecule is CCCOc1ccccc1/C=C1\C(=O)NC(=O)N(Cc2ccc(OCCC)c(OC)c2)C1=O. The van der Waals surface area contributed by atoms with E-state index in [1.165, 1.54) is 13.2 Å². The van der Waals surface area contributed by atoms with Gasteiger partial charge in [0.25, 0.3) is 11.8 Å². The highest BCUT2D eigenvalue weighted by molar-refractivity contribution is 6.31. The zero-order valence-electron chi connectivity index (χ0n) is 19.1. The van der Waals surface area contributed by atoms with Crippen molar-refractivity contribution in [2.75, 3.05) is 20.3 Å². The van der Waals surface area contributed by atoms with Gasteiger partial charge in [0.05, 0.1) is 26.9 Å². The number of hydrogen-bond acceptors (Lipinski definition) is 6. The predicted molar refractivity (Wildman–Crippen MR) is 123 cm³/mol. The summed E-state index contributed by atoms with van der Waals surface area (Å²) in [6, 6.07) is 11.5. The zero-order valence-corrected chi connectivity index (χ0v) is 19.1. The molecular formula is C25H28N2O6. The second-order valence-electron chi connectivity index (χ2n) is 7.43. The van der Waals surface area contributed by atoms with E-state index < -0.39 is 17.8 Å². The molecule has 0 spiro atoms. The molecule has 2 aromatic carbocycles. The molecule has 0 atom stereocenters. The van der Waals surface area contributed by atoms with Crippen molar-refractivity contribution in [2.45, 2.75) is 33.2 Å². The van der Waals surface area contributed by atoms with Gasteiger partial charge in [0.1, 0.15) is 11.3 Å². The second kappa shape index (κ2) is 11.2. The molecular weight excluding hydrogens is 424 g/mol. The highest BCUT2D eigenvalue weighted by Crippen LogP contribution is 2.29. The fourth-order valence-corrected chi connectivity index (χ4v) is 3.26. The standard InChI is InChI=1S/C25H28N2O6/c1-4-12-32-20-9-7-6-8-18(20)15-19-23(28)26-25(30)27(24(19)29)16-17-10-11-21(33-13-5-2)22(14-17)31-3/h6-11,14-15H,4-5,12-13,16H2,1-3H3,(H,26,28,30)/b19-15+. The summed E-state index contributed by atoms with van der Waals surface area (Å²) < 4.78 is 16.7. The summed E-state index contributed by atoms with van der Waals surface area (Å²) in [7, 11) is 1.52. The van der Waals surface area contributed by atoms with E-state index in [0.29, 0.717) is 41.6 Å². The molecule has 3 rings (SSSR count). The van der Waals surface area contributed by atoms with Crippen molar-refractivity contribution < 1.29 is 28.6 Å². The second-order valence-corrected chi connectivity index (χ2v) is 7.43. The van der Waals surface area contributed by atoms with Crippen molar-refractivity contribution in [1.82, 2.24) is 10.2 Å². The number of imide groups is 2. The number of amides is 4. The van der Waals surface area contributed by atoms with Crippen LogP contribution in [0.2, 0.25) is 0 Å². The molecule has 1 heterocycles. The molecule has 0 saturated carbocycles. The molecule has 1 aliphatic rings. The predicted octanol–water partition coefficient (Wildman–Crippen LogP) is 3.93. The van der Waals surface area contributed by atoms with Gasteiger partial charge in [0, 0.05) is 5.56 Å². The minimum absolute atomic E-state index is 0.0340. The smallest absolute Gasteiger partial charge is 0.331 e. The number of nitrogens with zero attached hydrogens (tertiary/aromatic N) is 1. The van der Waals surface area contributed by atoms with E-state index in [1.54, 1.807) is 36.4 Å². The summed E-state index contributed by atoms with van der Waals surface area (Å²) >= 11 is 0. The van der Waals surface area contributed by atoms with Crippen LogP contribution in [0.3, 0.4) is 0 Å². The van der Waals surface area contributed by atoms with Crippen molar-refractivity contribution in [3.63, 3.8) is 0 Å². The molecule has 8 heteroatoms. The Morgan fingerprint density at radius 3 is 2.30 bits per heavy atom. The molecule has 1 aliphatic heterocycles.